The molecule has 9 N–H and O–H groups in total. The number of carboxylic acid groups (broad SMARTS) is 1. The highest BCUT2D eigenvalue weighted by Crippen LogP contribution is 2.12. The summed E-state index contributed by atoms with van der Waals surface area (Å²) < 4.78 is 0. The highest BCUT2D eigenvalue weighted by atomic mass is 32.1. The van der Waals surface area contributed by atoms with Crippen molar-refractivity contribution in [3.05, 3.63) is 29.8 Å². The van der Waals surface area contributed by atoms with Gasteiger partial charge in [0.25, 0.3) is 0 Å². The van der Waals surface area contributed by atoms with E-state index in [2.05, 4.69) is 28.6 Å². The van der Waals surface area contributed by atoms with Crippen LogP contribution in [0.2, 0.25) is 0 Å². The Morgan fingerprint density at radius 2 is 1.51 bits per heavy atom. The van der Waals surface area contributed by atoms with Crippen LogP contribution in [0, 0.1) is 5.92 Å². The Bertz CT molecular complexity index is 910. The molecule has 0 heterocycles. The number of phenolic OH excluding ortho intramolecular Hbond substituents is 1. The summed E-state index contributed by atoms with van der Waals surface area (Å²) in [7, 11) is 0. The fourth-order valence-electron chi connectivity index (χ4n) is 3.04. The summed E-state index contributed by atoms with van der Waals surface area (Å²) >= 11 is 3.96. The minimum atomic E-state index is -1.35. The molecule has 0 aliphatic rings. The Hall–Kier alpha value is -3.32. The van der Waals surface area contributed by atoms with Gasteiger partial charge in [0.1, 0.15) is 23.9 Å². The molecule has 4 amide bonds. The minimum absolute atomic E-state index is 0.000937. The molecule has 0 aliphatic carbocycles. The summed E-state index contributed by atoms with van der Waals surface area (Å²) in [5.41, 5.74) is 11.4. The summed E-state index contributed by atoms with van der Waals surface area (Å²) in [5, 5.41) is 26.3. The Morgan fingerprint density at radius 3 is 2.00 bits per heavy atom. The van der Waals surface area contributed by atoms with Crippen LogP contribution in [0.4, 0.5) is 0 Å². The lowest BCUT2D eigenvalue weighted by molar-refractivity contribution is -0.142. The van der Waals surface area contributed by atoms with E-state index in [9.17, 15) is 34.2 Å². The van der Waals surface area contributed by atoms with Crippen LogP contribution in [0.25, 0.3) is 0 Å². The predicted molar refractivity (Wildman–Crippen MR) is 130 cm³/mol. The maximum Gasteiger partial charge on any atom is 0.326 e. The number of thiol groups is 1. The van der Waals surface area contributed by atoms with E-state index >= 15 is 0 Å². The second-order valence-electron chi connectivity index (χ2n) is 8.36. The lowest BCUT2D eigenvalue weighted by Crippen LogP contribution is -2.58. The minimum Gasteiger partial charge on any atom is -0.508 e. The largest absolute Gasteiger partial charge is 0.508 e. The summed E-state index contributed by atoms with van der Waals surface area (Å²) in [5.74, 6) is -4.52. The van der Waals surface area contributed by atoms with E-state index < -0.39 is 53.8 Å². The van der Waals surface area contributed by atoms with Gasteiger partial charge in [-0.15, -0.1) is 0 Å². The first kappa shape index (κ1) is 29.7. The SMILES string of the molecule is CC(C)C(NC(=O)C(N)CS)C(=O)NC(CCC(N)=O)C(=O)NC(Cc1ccc(O)cc1)C(=O)O. The van der Waals surface area contributed by atoms with Crippen molar-refractivity contribution in [3.63, 3.8) is 0 Å². The smallest absolute Gasteiger partial charge is 0.326 e. The molecule has 0 saturated heterocycles. The van der Waals surface area contributed by atoms with Crippen LogP contribution in [-0.4, -0.2) is 69.7 Å². The van der Waals surface area contributed by atoms with E-state index in [0.717, 1.165) is 0 Å². The fourth-order valence-corrected chi connectivity index (χ4v) is 3.20. The molecule has 1 aromatic rings. The first-order chi connectivity index (χ1) is 16.3. The zero-order chi connectivity index (χ0) is 26.7. The third kappa shape index (κ3) is 10.2. The van der Waals surface area contributed by atoms with Crippen molar-refractivity contribution in [2.75, 3.05) is 5.75 Å². The third-order valence-electron chi connectivity index (χ3n) is 5.08. The summed E-state index contributed by atoms with van der Waals surface area (Å²) in [6.07, 6.45) is -0.533. The number of carboxylic acids is 1. The van der Waals surface area contributed by atoms with E-state index in [1.807, 2.05) is 0 Å². The number of aromatic hydroxyl groups is 1. The molecule has 0 saturated carbocycles. The van der Waals surface area contributed by atoms with Crippen LogP contribution in [0.15, 0.2) is 24.3 Å². The zero-order valence-electron chi connectivity index (χ0n) is 19.6. The first-order valence-electron chi connectivity index (χ1n) is 10.9. The molecular weight excluding hydrogens is 478 g/mol. The van der Waals surface area contributed by atoms with Gasteiger partial charge >= 0.3 is 5.97 Å². The third-order valence-corrected chi connectivity index (χ3v) is 5.48. The van der Waals surface area contributed by atoms with Crippen molar-refractivity contribution >= 4 is 42.2 Å². The second-order valence-corrected chi connectivity index (χ2v) is 8.72. The van der Waals surface area contributed by atoms with Gasteiger partial charge in [-0.3, -0.25) is 19.2 Å². The quantitative estimate of drug-likeness (QED) is 0.139. The van der Waals surface area contributed by atoms with Crippen molar-refractivity contribution < 1.29 is 34.2 Å². The van der Waals surface area contributed by atoms with Crippen LogP contribution in [-0.2, 0) is 30.4 Å². The average Bonchev–Trinajstić information content (AvgIpc) is 2.79. The molecule has 35 heavy (non-hydrogen) atoms. The van der Waals surface area contributed by atoms with Crippen LogP contribution in [0.5, 0.6) is 5.75 Å². The molecular formula is C22H33N5O7S. The van der Waals surface area contributed by atoms with Gasteiger partial charge in [0.05, 0.1) is 6.04 Å². The van der Waals surface area contributed by atoms with Gasteiger partial charge in [0.2, 0.25) is 23.6 Å². The molecule has 194 valence electrons. The highest BCUT2D eigenvalue weighted by molar-refractivity contribution is 7.80. The number of nitrogens with two attached hydrogens (primary N) is 2. The van der Waals surface area contributed by atoms with Crippen LogP contribution in [0.1, 0.15) is 32.3 Å². The number of rotatable bonds is 14. The van der Waals surface area contributed by atoms with Crippen molar-refractivity contribution in [1.29, 1.82) is 0 Å². The molecule has 4 unspecified atom stereocenters. The molecule has 0 fully saturated rings. The van der Waals surface area contributed by atoms with Crippen LogP contribution >= 0.6 is 12.6 Å². The number of amides is 4. The monoisotopic (exact) mass is 511 g/mol. The molecule has 0 aromatic heterocycles. The zero-order valence-corrected chi connectivity index (χ0v) is 20.5. The Balaban J connectivity index is 3.02. The molecule has 0 radical (unpaired) electrons. The number of carbonyl (C=O) groups excluding carboxylic acids is 4. The van der Waals surface area contributed by atoms with Crippen LogP contribution < -0.4 is 27.4 Å². The van der Waals surface area contributed by atoms with Crippen molar-refractivity contribution in [3.8, 4) is 5.75 Å². The Labute approximate surface area is 208 Å². The summed E-state index contributed by atoms with van der Waals surface area (Å²) in [6.45, 7) is 3.35. The normalized spacial score (nSPS) is 14.3. The Morgan fingerprint density at radius 1 is 0.943 bits per heavy atom. The van der Waals surface area contributed by atoms with Gasteiger partial charge in [-0.25, -0.2) is 4.79 Å². The number of benzene rings is 1. The molecule has 13 heteroatoms. The van der Waals surface area contributed by atoms with Gasteiger partial charge in [0, 0.05) is 18.6 Å². The number of hydrogen-bond acceptors (Lipinski definition) is 8. The number of primary amides is 1. The van der Waals surface area contributed by atoms with Gasteiger partial charge in [-0.1, -0.05) is 26.0 Å². The van der Waals surface area contributed by atoms with Crippen molar-refractivity contribution in [2.45, 2.75) is 57.3 Å². The maximum absolute atomic E-state index is 12.9. The summed E-state index contributed by atoms with van der Waals surface area (Å²) in [4.78, 5) is 61.0. The highest BCUT2D eigenvalue weighted by Gasteiger charge is 2.31. The molecule has 4 atom stereocenters. The summed E-state index contributed by atoms with van der Waals surface area (Å²) in [6, 6.07) is 1.13. The van der Waals surface area contributed by atoms with E-state index in [1.54, 1.807) is 13.8 Å². The topological polar surface area (TPSA) is 214 Å². The number of phenols is 1. The standard InChI is InChI=1S/C22H33N5O7S/c1-11(2)18(27-19(30)14(23)10-35)21(32)25-15(7-8-17(24)29)20(31)26-16(22(33)34)9-12-3-5-13(28)6-4-12/h3-6,11,14-16,18,28,35H,7-10,23H2,1-2H3,(H2,24,29)(H,25,32)(H,26,31)(H,27,30)(H,33,34). The van der Waals surface area contributed by atoms with Crippen LogP contribution in [0.3, 0.4) is 0 Å². The number of nitrogens with one attached hydrogen (secondary N) is 3. The van der Waals surface area contributed by atoms with Crippen molar-refractivity contribution in [2.24, 2.45) is 17.4 Å². The van der Waals surface area contributed by atoms with Gasteiger partial charge in [-0.2, -0.15) is 12.6 Å². The van der Waals surface area contributed by atoms with Gasteiger partial charge < -0.3 is 37.6 Å². The lowest BCUT2D eigenvalue weighted by atomic mass is 10.0. The van der Waals surface area contributed by atoms with E-state index in [-0.39, 0.29) is 36.7 Å². The molecule has 0 bridgehead atoms. The number of hydrogen-bond donors (Lipinski definition) is 8. The lowest BCUT2D eigenvalue weighted by Gasteiger charge is -2.26. The number of carbonyl (C=O) groups is 5. The molecule has 1 aromatic carbocycles. The second kappa shape index (κ2) is 14.2. The van der Waals surface area contributed by atoms with Gasteiger partial charge in [0.15, 0.2) is 0 Å². The maximum atomic E-state index is 12.9. The predicted octanol–water partition coefficient (Wildman–Crippen LogP) is -1.35. The van der Waals surface area contributed by atoms with Crippen molar-refractivity contribution in [1.82, 2.24) is 16.0 Å². The molecule has 1 rings (SSSR count). The molecule has 12 nitrogen and oxygen atoms in total. The average molecular weight is 512 g/mol. The van der Waals surface area contributed by atoms with E-state index in [4.69, 9.17) is 11.5 Å². The first-order valence-corrected chi connectivity index (χ1v) is 11.6. The molecule has 0 aliphatic heterocycles. The van der Waals surface area contributed by atoms with E-state index in [0.29, 0.717) is 5.56 Å². The fraction of sp³-hybridized carbons (Fsp3) is 0.500. The Kier molecular flexibility index (Phi) is 12.0. The van der Waals surface area contributed by atoms with Gasteiger partial charge in [-0.05, 0) is 30.0 Å². The van der Waals surface area contributed by atoms with E-state index in [1.165, 1.54) is 24.3 Å². The molecule has 0 spiro atoms. The number of aliphatic carboxylic acids is 1.